The van der Waals surface area contributed by atoms with Crippen molar-refractivity contribution in [3.8, 4) is 0 Å². The van der Waals surface area contributed by atoms with Crippen LogP contribution in [0.15, 0.2) is 16.7 Å². The number of hydrogen-bond acceptors (Lipinski definition) is 13. The molecule has 2 atom stereocenters. The zero-order valence-electron chi connectivity index (χ0n) is 20.8. The average Bonchev–Trinajstić information content (AvgIpc) is 3.48. The number of carboxylic acid groups (broad SMARTS) is 1. The van der Waals surface area contributed by atoms with Crippen molar-refractivity contribution in [3.63, 3.8) is 0 Å². The fourth-order valence-electron chi connectivity index (χ4n) is 3.16. The summed E-state index contributed by atoms with van der Waals surface area (Å²) in [5.41, 5.74) is 3.47. The van der Waals surface area contributed by atoms with Crippen LogP contribution in [0.5, 0.6) is 0 Å². The highest BCUT2D eigenvalue weighted by atomic mass is 32.2. The highest BCUT2D eigenvalue weighted by Gasteiger charge is 2.54. The van der Waals surface area contributed by atoms with Crippen molar-refractivity contribution in [1.82, 2.24) is 34.9 Å². The lowest BCUT2D eigenvalue weighted by Crippen LogP contribution is -2.73. The Labute approximate surface area is 225 Å². The Kier molecular flexibility index (Phi) is 8.51. The van der Waals surface area contributed by atoms with E-state index in [1.165, 1.54) is 25.4 Å². The van der Waals surface area contributed by atoms with Gasteiger partial charge in [0.15, 0.2) is 10.8 Å². The monoisotopic (exact) mass is 587 g/mol. The van der Waals surface area contributed by atoms with E-state index in [-0.39, 0.29) is 40.5 Å². The zero-order valence-corrected chi connectivity index (χ0v) is 22.4. The molecule has 0 aromatic carbocycles. The molecule has 3 heterocycles. The van der Waals surface area contributed by atoms with Crippen LogP contribution in [0.1, 0.15) is 38.6 Å². The van der Waals surface area contributed by atoms with E-state index in [4.69, 9.17) is 10.6 Å². The fourth-order valence-corrected chi connectivity index (χ4v) is 4.58. The molecule has 39 heavy (non-hydrogen) atoms. The first kappa shape index (κ1) is 29.4. The summed E-state index contributed by atoms with van der Waals surface area (Å²) in [5.74, 6) is -3.84. The number of amides is 3. The molecule has 1 saturated heterocycles. The van der Waals surface area contributed by atoms with Crippen LogP contribution in [0.2, 0.25) is 0 Å². The molecule has 0 aliphatic carbocycles. The average molecular weight is 588 g/mol. The van der Waals surface area contributed by atoms with Gasteiger partial charge in [0.1, 0.15) is 17.4 Å². The summed E-state index contributed by atoms with van der Waals surface area (Å²) in [6.07, 6.45) is 1.63. The number of carbonyl (C=O) groups is 4. The Hall–Kier alpha value is -4.17. The number of aromatic nitrogens is 4. The van der Waals surface area contributed by atoms with Gasteiger partial charge in [0, 0.05) is 11.8 Å². The first-order chi connectivity index (χ1) is 18.1. The molecule has 2 aromatic heterocycles. The maximum Gasteiger partial charge on any atom is 0.362 e. The van der Waals surface area contributed by atoms with E-state index in [2.05, 4.69) is 31.1 Å². The van der Waals surface area contributed by atoms with Crippen molar-refractivity contribution in [1.29, 1.82) is 0 Å². The fraction of sp³-hybridized carbons (Fsp3) is 0.474. The van der Waals surface area contributed by atoms with Crippen molar-refractivity contribution in [3.05, 3.63) is 23.0 Å². The van der Waals surface area contributed by atoms with Crippen molar-refractivity contribution in [2.75, 3.05) is 5.73 Å². The second-order valence-electron chi connectivity index (χ2n) is 8.61. The van der Waals surface area contributed by atoms with Crippen LogP contribution in [0, 0.1) is 0 Å². The van der Waals surface area contributed by atoms with Gasteiger partial charge in [0.25, 0.3) is 11.8 Å². The van der Waals surface area contributed by atoms with Gasteiger partial charge < -0.3 is 26.3 Å². The van der Waals surface area contributed by atoms with E-state index < -0.39 is 51.5 Å². The zero-order chi connectivity index (χ0) is 29.1. The number of oxime groups is 1. The molecule has 1 aliphatic heterocycles. The van der Waals surface area contributed by atoms with E-state index in [9.17, 15) is 37.3 Å². The minimum atomic E-state index is -5.01. The van der Waals surface area contributed by atoms with Crippen molar-refractivity contribution < 1.29 is 42.1 Å². The van der Waals surface area contributed by atoms with Crippen LogP contribution < -0.4 is 16.4 Å². The van der Waals surface area contributed by atoms with Crippen LogP contribution in [-0.2, 0) is 47.4 Å². The molecule has 3 amide bonds. The van der Waals surface area contributed by atoms with E-state index in [0.29, 0.717) is 5.69 Å². The molecule has 20 heteroatoms. The summed E-state index contributed by atoms with van der Waals surface area (Å²) >= 11 is 0.946. The van der Waals surface area contributed by atoms with Gasteiger partial charge in [-0.05, 0) is 13.8 Å². The van der Waals surface area contributed by atoms with E-state index in [0.717, 1.165) is 16.0 Å². The molecule has 1 fully saturated rings. The molecule has 0 spiro atoms. The molecule has 18 nitrogen and oxygen atoms in total. The SMILES string of the molecule is CCC(=O)NCc1cn(C[C@@H]2[C@H](NC(=O)/C(=N\OC(C)(C)C(=O)O)c3csc(N)n3)C(=O)N2S(=O)(=O)O)nn1. The maximum atomic E-state index is 13.1. The van der Waals surface area contributed by atoms with Gasteiger partial charge in [-0.3, -0.25) is 18.9 Å². The van der Waals surface area contributed by atoms with Crippen LogP contribution >= 0.6 is 11.3 Å². The quantitative estimate of drug-likeness (QED) is 0.0789. The van der Waals surface area contributed by atoms with Gasteiger partial charge in [0.05, 0.1) is 25.3 Å². The second kappa shape index (κ2) is 11.3. The minimum absolute atomic E-state index is 0.0434. The smallest absolute Gasteiger partial charge is 0.362 e. The molecule has 3 rings (SSSR count). The molecule has 1 aliphatic rings. The standard InChI is InChI=1S/C19H25N9O9S2/c1-4-12(29)21-5-9-6-27(26-24-9)7-11-14(16(31)28(11)39(34,35)36)23-15(30)13(10-8-38-18(20)22-10)25-37-19(2,3)17(32)33/h6,8,11,14H,4-5,7H2,1-3H3,(H2,20,22)(H,21,29)(H,23,30)(H,32,33)(H,34,35,36)/b25-13-/t11-,14+/m1/s1. The lowest BCUT2D eigenvalue weighted by Gasteiger charge is -2.43. The molecular weight excluding hydrogens is 562 g/mol. The van der Waals surface area contributed by atoms with Crippen molar-refractivity contribution in [2.45, 2.75) is 58.0 Å². The van der Waals surface area contributed by atoms with Gasteiger partial charge in [-0.15, -0.1) is 16.4 Å². The third kappa shape index (κ3) is 6.83. The van der Waals surface area contributed by atoms with Gasteiger partial charge in [-0.1, -0.05) is 17.3 Å². The number of hydrogen-bond donors (Lipinski definition) is 5. The predicted octanol–water partition coefficient (Wildman–Crippen LogP) is -1.87. The van der Waals surface area contributed by atoms with E-state index >= 15 is 0 Å². The summed E-state index contributed by atoms with van der Waals surface area (Å²) in [6.45, 7) is 3.74. The maximum absolute atomic E-state index is 13.1. The van der Waals surface area contributed by atoms with Crippen LogP contribution in [0.25, 0.3) is 0 Å². The largest absolute Gasteiger partial charge is 0.478 e. The first-order valence-electron chi connectivity index (χ1n) is 11.1. The topological polar surface area (TPSA) is 261 Å². The van der Waals surface area contributed by atoms with Crippen LogP contribution in [0.3, 0.4) is 0 Å². The first-order valence-corrected chi connectivity index (χ1v) is 13.4. The molecule has 0 radical (unpaired) electrons. The number of anilines is 1. The number of nitrogens with zero attached hydrogens (tertiary/aromatic N) is 6. The van der Waals surface area contributed by atoms with Crippen LogP contribution in [0.4, 0.5) is 5.13 Å². The van der Waals surface area contributed by atoms with Gasteiger partial charge in [-0.25, -0.2) is 18.8 Å². The molecule has 2 aromatic rings. The molecule has 0 bridgehead atoms. The molecular formula is C19H25N9O9S2. The Bertz CT molecular complexity index is 1420. The number of nitrogen functional groups attached to an aromatic ring is 1. The number of rotatable bonds is 12. The normalized spacial score (nSPS) is 17.9. The number of carbonyl (C=O) groups excluding carboxylic acids is 3. The third-order valence-electron chi connectivity index (χ3n) is 5.31. The predicted molar refractivity (Wildman–Crippen MR) is 132 cm³/mol. The highest BCUT2D eigenvalue weighted by molar-refractivity contribution is 7.84. The van der Waals surface area contributed by atoms with Gasteiger partial charge in [0.2, 0.25) is 11.5 Å². The Balaban J connectivity index is 1.84. The van der Waals surface area contributed by atoms with Gasteiger partial charge in [-0.2, -0.15) is 8.42 Å². The number of thiazole rings is 1. The number of nitrogens with one attached hydrogen (secondary N) is 2. The lowest BCUT2D eigenvalue weighted by molar-refractivity contribution is -0.161. The molecule has 0 unspecified atom stereocenters. The molecule has 0 saturated carbocycles. The lowest BCUT2D eigenvalue weighted by atomic mass is 9.98. The Morgan fingerprint density at radius 1 is 1.33 bits per heavy atom. The highest BCUT2D eigenvalue weighted by Crippen LogP contribution is 2.25. The number of aliphatic carboxylic acids is 1. The summed E-state index contributed by atoms with van der Waals surface area (Å²) < 4.78 is 34.6. The summed E-state index contributed by atoms with van der Waals surface area (Å²) in [7, 11) is -5.01. The number of β-lactam (4-membered cyclic amide) rings is 1. The van der Waals surface area contributed by atoms with Crippen molar-refractivity contribution >= 4 is 56.2 Å². The summed E-state index contributed by atoms with van der Waals surface area (Å²) in [4.78, 5) is 57.5. The van der Waals surface area contributed by atoms with Crippen molar-refractivity contribution in [2.24, 2.45) is 5.16 Å². The van der Waals surface area contributed by atoms with Crippen LogP contribution in [-0.4, -0.2) is 89.4 Å². The Morgan fingerprint density at radius 3 is 2.59 bits per heavy atom. The second-order valence-corrected chi connectivity index (χ2v) is 10.8. The van der Waals surface area contributed by atoms with E-state index in [1.807, 2.05) is 0 Å². The van der Waals surface area contributed by atoms with E-state index in [1.54, 1.807) is 6.92 Å². The number of nitrogens with two attached hydrogens (primary N) is 1. The summed E-state index contributed by atoms with van der Waals surface area (Å²) in [6, 6.07) is -2.82. The Morgan fingerprint density at radius 2 is 2.03 bits per heavy atom. The molecule has 212 valence electrons. The minimum Gasteiger partial charge on any atom is -0.478 e. The van der Waals surface area contributed by atoms with Gasteiger partial charge >= 0.3 is 16.3 Å². The summed E-state index contributed by atoms with van der Waals surface area (Å²) in [5, 5.41) is 26.8. The number of carboxylic acids is 1. The molecule has 6 N–H and O–H groups in total. The third-order valence-corrected chi connectivity index (χ3v) is 6.93.